The molecule has 0 aliphatic rings. The number of unbranched alkanes of at least 4 members (excludes halogenated alkanes) is 1. The number of esters is 1. The van der Waals surface area contributed by atoms with Gasteiger partial charge in [-0.3, -0.25) is 4.79 Å². The van der Waals surface area contributed by atoms with E-state index in [0.717, 1.165) is 32.1 Å². The Hall–Kier alpha value is -0.530. The van der Waals surface area contributed by atoms with Gasteiger partial charge in [-0.1, -0.05) is 54.4 Å². The molecule has 0 aromatic carbocycles. The van der Waals surface area contributed by atoms with E-state index in [0.29, 0.717) is 6.61 Å². The highest BCUT2D eigenvalue weighted by atomic mass is 16.5. The van der Waals surface area contributed by atoms with Gasteiger partial charge in [-0.2, -0.15) is 0 Å². The van der Waals surface area contributed by atoms with E-state index in [2.05, 4.69) is 41.5 Å². The van der Waals surface area contributed by atoms with E-state index < -0.39 is 0 Å². The fourth-order valence-corrected chi connectivity index (χ4v) is 1.94. The van der Waals surface area contributed by atoms with Crippen LogP contribution in [0.5, 0.6) is 0 Å². The van der Waals surface area contributed by atoms with Crippen molar-refractivity contribution in [1.29, 1.82) is 0 Å². The van der Waals surface area contributed by atoms with Gasteiger partial charge >= 0.3 is 5.97 Å². The second kappa shape index (κ2) is 7.03. The maximum Gasteiger partial charge on any atom is 0.312 e. The Morgan fingerprint density at radius 3 is 1.94 bits per heavy atom. The summed E-state index contributed by atoms with van der Waals surface area (Å²) in [6, 6.07) is 0. The van der Waals surface area contributed by atoms with E-state index in [4.69, 9.17) is 4.74 Å². The third-order valence-electron chi connectivity index (χ3n) is 3.43. The van der Waals surface area contributed by atoms with Crippen LogP contribution in [0.3, 0.4) is 0 Å². The smallest absolute Gasteiger partial charge is 0.312 e. The fourth-order valence-electron chi connectivity index (χ4n) is 1.94. The molecule has 0 heterocycles. The minimum Gasteiger partial charge on any atom is -0.465 e. The van der Waals surface area contributed by atoms with Crippen LogP contribution >= 0.6 is 0 Å². The first-order valence-corrected chi connectivity index (χ1v) is 6.98. The van der Waals surface area contributed by atoms with E-state index in [9.17, 15) is 4.79 Å². The summed E-state index contributed by atoms with van der Waals surface area (Å²) in [6.45, 7) is 13.1. The van der Waals surface area contributed by atoms with Crippen LogP contribution in [0.15, 0.2) is 0 Å². The van der Waals surface area contributed by atoms with Crippen LogP contribution in [0.25, 0.3) is 0 Å². The summed E-state index contributed by atoms with van der Waals surface area (Å²) in [5, 5.41) is 0. The first-order chi connectivity index (χ1) is 7.81. The van der Waals surface area contributed by atoms with E-state index in [-0.39, 0.29) is 16.8 Å². The Labute approximate surface area is 107 Å². The van der Waals surface area contributed by atoms with Crippen LogP contribution in [0.1, 0.15) is 73.6 Å². The predicted octanol–water partition coefficient (Wildman–Crippen LogP) is 4.57. The summed E-state index contributed by atoms with van der Waals surface area (Å²) in [5.41, 5.74) is -0.200. The second-order valence-electron chi connectivity index (χ2n) is 6.23. The number of hydrogen-bond acceptors (Lipinski definition) is 2. The van der Waals surface area contributed by atoms with Gasteiger partial charge in [0.15, 0.2) is 0 Å². The highest BCUT2D eigenvalue weighted by Crippen LogP contribution is 2.34. The Morgan fingerprint density at radius 2 is 1.59 bits per heavy atom. The molecule has 0 bridgehead atoms. The molecule has 0 aromatic heterocycles. The highest BCUT2D eigenvalue weighted by molar-refractivity contribution is 5.76. The minimum absolute atomic E-state index is 0.00544. The maximum absolute atomic E-state index is 12.3. The molecule has 17 heavy (non-hydrogen) atoms. The molecular weight excluding hydrogens is 212 g/mol. The third-order valence-corrected chi connectivity index (χ3v) is 3.43. The summed E-state index contributed by atoms with van der Waals surface area (Å²) < 4.78 is 5.51. The number of carbonyl (C=O) groups excluding carboxylic acids is 1. The quantitative estimate of drug-likeness (QED) is 0.611. The van der Waals surface area contributed by atoms with Gasteiger partial charge in [-0.25, -0.2) is 0 Å². The SMILES string of the molecule is CCCCC(CC)(CC)C(=O)OCC(C)(C)C. The van der Waals surface area contributed by atoms with Crippen LogP contribution < -0.4 is 0 Å². The van der Waals surface area contributed by atoms with E-state index in [1.165, 1.54) is 0 Å². The standard InChI is InChI=1S/C15H30O2/c1-7-10-11-15(8-2,9-3)13(16)17-12-14(4,5)6/h7-12H2,1-6H3. The molecule has 0 N–H and O–H groups in total. The molecule has 0 radical (unpaired) electrons. The van der Waals surface area contributed by atoms with Crippen molar-refractivity contribution in [2.24, 2.45) is 10.8 Å². The Balaban J connectivity index is 4.53. The van der Waals surface area contributed by atoms with Crippen molar-refractivity contribution >= 4 is 5.97 Å². The average Bonchev–Trinajstić information content (AvgIpc) is 2.27. The largest absolute Gasteiger partial charge is 0.465 e. The van der Waals surface area contributed by atoms with Crippen LogP contribution in [-0.2, 0) is 9.53 Å². The first-order valence-electron chi connectivity index (χ1n) is 6.98. The molecular formula is C15H30O2. The van der Waals surface area contributed by atoms with Crippen molar-refractivity contribution in [2.75, 3.05) is 6.61 Å². The maximum atomic E-state index is 12.3. The van der Waals surface area contributed by atoms with Crippen molar-refractivity contribution in [3.8, 4) is 0 Å². The van der Waals surface area contributed by atoms with Crippen LogP contribution in [-0.4, -0.2) is 12.6 Å². The molecule has 0 spiro atoms. The van der Waals surface area contributed by atoms with E-state index in [1.807, 2.05) is 0 Å². The number of rotatable bonds is 7. The van der Waals surface area contributed by atoms with Crippen LogP contribution in [0.4, 0.5) is 0 Å². The molecule has 0 aromatic rings. The summed E-state index contributed by atoms with van der Waals surface area (Å²) >= 11 is 0. The second-order valence-corrected chi connectivity index (χ2v) is 6.23. The Morgan fingerprint density at radius 1 is 1.06 bits per heavy atom. The lowest BCUT2D eigenvalue weighted by molar-refractivity contribution is -0.160. The molecule has 102 valence electrons. The monoisotopic (exact) mass is 242 g/mol. The van der Waals surface area contributed by atoms with Crippen molar-refractivity contribution in [2.45, 2.75) is 73.6 Å². The van der Waals surface area contributed by atoms with Gasteiger partial charge in [0.1, 0.15) is 0 Å². The zero-order valence-electron chi connectivity index (χ0n) is 12.6. The summed E-state index contributed by atoms with van der Waals surface area (Å²) in [4.78, 5) is 12.3. The molecule has 2 heteroatoms. The zero-order chi connectivity index (χ0) is 13.5. The Kier molecular flexibility index (Phi) is 6.81. The van der Waals surface area contributed by atoms with Gasteiger partial charge in [-0.15, -0.1) is 0 Å². The van der Waals surface area contributed by atoms with Gasteiger partial charge < -0.3 is 4.74 Å². The van der Waals surface area contributed by atoms with E-state index in [1.54, 1.807) is 0 Å². The number of ether oxygens (including phenoxy) is 1. The lowest BCUT2D eigenvalue weighted by atomic mass is 9.78. The molecule has 0 rings (SSSR count). The molecule has 0 atom stereocenters. The van der Waals surface area contributed by atoms with Crippen molar-refractivity contribution in [3.63, 3.8) is 0 Å². The molecule has 2 nitrogen and oxygen atoms in total. The molecule has 0 fully saturated rings. The molecule has 0 aliphatic heterocycles. The van der Waals surface area contributed by atoms with Gasteiger partial charge in [0.25, 0.3) is 0 Å². The predicted molar refractivity (Wildman–Crippen MR) is 73.0 cm³/mol. The average molecular weight is 242 g/mol. The van der Waals surface area contributed by atoms with Crippen molar-refractivity contribution in [1.82, 2.24) is 0 Å². The van der Waals surface area contributed by atoms with Crippen molar-refractivity contribution < 1.29 is 9.53 Å². The summed E-state index contributed by atoms with van der Waals surface area (Å²) in [5.74, 6) is 0.00544. The molecule has 0 saturated carbocycles. The van der Waals surface area contributed by atoms with Gasteiger partial charge in [-0.05, 0) is 24.7 Å². The molecule has 0 unspecified atom stereocenters. The van der Waals surface area contributed by atoms with Gasteiger partial charge in [0.2, 0.25) is 0 Å². The van der Waals surface area contributed by atoms with Crippen LogP contribution in [0.2, 0.25) is 0 Å². The Bertz CT molecular complexity index is 222. The highest BCUT2D eigenvalue weighted by Gasteiger charge is 2.36. The van der Waals surface area contributed by atoms with Crippen LogP contribution in [0, 0.1) is 10.8 Å². The fraction of sp³-hybridized carbons (Fsp3) is 0.933. The normalized spacial score (nSPS) is 12.6. The third kappa shape index (κ3) is 5.56. The first kappa shape index (κ1) is 16.5. The number of hydrogen-bond donors (Lipinski definition) is 0. The summed E-state index contributed by atoms with van der Waals surface area (Å²) in [7, 11) is 0. The summed E-state index contributed by atoms with van der Waals surface area (Å²) in [6.07, 6.45) is 4.96. The lowest BCUT2D eigenvalue weighted by Gasteiger charge is -2.30. The lowest BCUT2D eigenvalue weighted by Crippen LogP contribution is -2.34. The van der Waals surface area contributed by atoms with E-state index >= 15 is 0 Å². The zero-order valence-corrected chi connectivity index (χ0v) is 12.6. The topological polar surface area (TPSA) is 26.3 Å². The van der Waals surface area contributed by atoms with Gasteiger partial charge in [0.05, 0.1) is 12.0 Å². The molecule has 0 saturated heterocycles. The molecule has 0 amide bonds. The number of carbonyl (C=O) groups is 1. The van der Waals surface area contributed by atoms with Gasteiger partial charge in [0, 0.05) is 0 Å². The molecule has 0 aliphatic carbocycles. The van der Waals surface area contributed by atoms with Crippen molar-refractivity contribution in [3.05, 3.63) is 0 Å². The minimum atomic E-state index is -0.249.